The second-order valence-electron chi connectivity index (χ2n) is 5.28. The number of allylic oxidation sites excluding steroid dienone is 1. The van der Waals surface area contributed by atoms with Crippen molar-refractivity contribution in [2.75, 3.05) is 25.2 Å². The third kappa shape index (κ3) is 6.51. The molecule has 0 atom stereocenters. The highest BCUT2D eigenvalue weighted by Crippen LogP contribution is 2.17. The topological polar surface area (TPSA) is 82.0 Å². The highest BCUT2D eigenvalue weighted by atomic mass is 32.2. The number of benzene rings is 1. The third-order valence-electron chi connectivity index (χ3n) is 3.56. The van der Waals surface area contributed by atoms with E-state index in [0.29, 0.717) is 11.8 Å². The molecule has 1 aliphatic heterocycles. The smallest absolute Gasteiger partial charge is 0.297 e. The van der Waals surface area contributed by atoms with Crippen molar-refractivity contribution in [1.82, 2.24) is 5.32 Å². The van der Waals surface area contributed by atoms with E-state index in [0.717, 1.165) is 11.2 Å². The number of hydrogen-bond donors (Lipinski definition) is 2. The SMILES string of the molecule is C1=CSCC1.CNC(=O)/C(C=O)=C/c1ccc(B(C)C#N)cc1NC. The highest BCUT2D eigenvalue weighted by molar-refractivity contribution is 8.02. The summed E-state index contributed by atoms with van der Waals surface area (Å²) in [6.07, 6.45) is 5.51. The van der Waals surface area contributed by atoms with Crippen LogP contribution in [0, 0.1) is 11.2 Å². The monoisotopic (exact) mass is 355 g/mol. The lowest BCUT2D eigenvalue weighted by molar-refractivity contribution is -0.118. The Morgan fingerprint density at radius 1 is 1.40 bits per heavy atom. The minimum atomic E-state index is -0.434. The second-order valence-corrected chi connectivity index (χ2v) is 6.29. The zero-order valence-electron chi connectivity index (χ0n) is 14.7. The fraction of sp³-hybridized carbons (Fsp3) is 0.278. The van der Waals surface area contributed by atoms with Crippen molar-refractivity contribution in [2.45, 2.75) is 13.2 Å². The van der Waals surface area contributed by atoms with Gasteiger partial charge in [0.1, 0.15) is 0 Å². The lowest BCUT2D eigenvalue weighted by atomic mass is 9.48. The van der Waals surface area contributed by atoms with Gasteiger partial charge in [0.05, 0.1) is 5.57 Å². The van der Waals surface area contributed by atoms with Crippen molar-refractivity contribution in [3.63, 3.8) is 0 Å². The summed E-state index contributed by atoms with van der Waals surface area (Å²) in [5.41, 5.74) is 2.40. The fourth-order valence-corrected chi connectivity index (χ4v) is 2.75. The zero-order valence-corrected chi connectivity index (χ0v) is 15.5. The molecule has 0 saturated carbocycles. The minimum Gasteiger partial charge on any atom is -0.388 e. The van der Waals surface area contributed by atoms with Gasteiger partial charge in [0.15, 0.2) is 6.29 Å². The Kier molecular flexibility index (Phi) is 9.19. The van der Waals surface area contributed by atoms with E-state index in [9.17, 15) is 9.59 Å². The molecule has 5 nitrogen and oxygen atoms in total. The third-order valence-corrected chi connectivity index (χ3v) is 4.42. The van der Waals surface area contributed by atoms with Gasteiger partial charge in [-0.15, -0.1) is 11.8 Å². The molecule has 0 fully saturated rings. The lowest BCUT2D eigenvalue weighted by Crippen LogP contribution is -2.25. The average molecular weight is 355 g/mol. The Balaban J connectivity index is 0.000000531. The molecule has 25 heavy (non-hydrogen) atoms. The number of carbonyl (C=O) groups excluding carboxylic acids is 2. The van der Waals surface area contributed by atoms with E-state index in [-0.39, 0.29) is 12.3 Å². The van der Waals surface area contributed by atoms with Crippen molar-refractivity contribution >= 4 is 47.9 Å². The molecule has 0 saturated heterocycles. The number of carbonyl (C=O) groups is 2. The first-order chi connectivity index (χ1) is 12.1. The molecule has 0 radical (unpaired) electrons. The molecule has 1 heterocycles. The molecular weight excluding hydrogens is 333 g/mol. The van der Waals surface area contributed by atoms with Crippen LogP contribution in [-0.4, -0.2) is 38.8 Å². The number of hydrogen-bond acceptors (Lipinski definition) is 5. The van der Waals surface area contributed by atoms with Crippen LogP contribution in [0.1, 0.15) is 12.0 Å². The normalized spacial score (nSPS) is 12.5. The van der Waals surface area contributed by atoms with Gasteiger partial charge in [-0.1, -0.05) is 30.5 Å². The molecular formula is C18H22BN3O2S. The van der Waals surface area contributed by atoms with Crippen LogP contribution in [0.5, 0.6) is 0 Å². The first kappa shape index (κ1) is 20.6. The van der Waals surface area contributed by atoms with Crippen LogP contribution in [0.25, 0.3) is 6.08 Å². The number of likely N-dealkylation sites (N-methyl/N-ethyl adjacent to an activating group) is 1. The van der Waals surface area contributed by atoms with Gasteiger partial charge in [-0.05, 0) is 29.5 Å². The Labute approximate surface area is 153 Å². The Bertz CT molecular complexity index is 705. The summed E-state index contributed by atoms with van der Waals surface area (Å²) >= 11 is 1.89. The molecule has 0 aliphatic carbocycles. The Morgan fingerprint density at radius 3 is 2.60 bits per heavy atom. The van der Waals surface area contributed by atoms with E-state index in [1.54, 1.807) is 13.1 Å². The summed E-state index contributed by atoms with van der Waals surface area (Å²) in [6.45, 7) is 1.59. The highest BCUT2D eigenvalue weighted by Gasteiger charge is 2.12. The molecule has 0 unspecified atom stereocenters. The number of anilines is 1. The first-order valence-electron chi connectivity index (χ1n) is 7.94. The predicted octanol–water partition coefficient (Wildman–Crippen LogP) is 2.09. The predicted molar refractivity (Wildman–Crippen MR) is 107 cm³/mol. The molecule has 1 aromatic carbocycles. The Morgan fingerprint density at radius 2 is 2.16 bits per heavy atom. The van der Waals surface area contributed by atoms with Gasteiger partial charge in [0.2, 0.25) is 0 Å². The van der Waals surface area contributed by atoms with E-state index < -0.39 is 5.91 Å². The molecule has 2 rings (SSSR count). The standard InChI is InChI=1S/C14H16BN3O2.C4H6S/c1-15(9-16)12-5-4-10(13(7-12)17-2)6-11(8-19)14(20)18-3;1-2-4-5-3-1/h4-8,17H,1-3H3,(H,18,20);1,3H,2,4H2/b11-6+;. The second kappa shape index (κ2) is 11.2. The van der Waals surface area contributed by atoms with Gasteiger partial charge in [0.25, 0.3) is 12.6 Å². The van der Waals surface area contributed by atoms with Gasteiger partial charge >= 0.3 is 0 Å². The number of nitrogens with zero attached hydrogens (tertiary/aromatic N) is 1. The van der Waals surface area contributed by atoms with Crippen molar-refractivity contribution < 1.29 is 9.59 Å². The fourth-order valence-electron chi connectivity index (χ4n) is 2.07. The van der Waals surface area contributed by atoms with Crippen molar-refractivity contribution in [3.8, 4) is 5.97 Å². The zero-order chi connectivity index (χ0) is 18.7. The van der Waals surface area contributed by atoms with Crippen LogP contribution in [-0.2, 0) is 9.59 Å². The quantitative estimate of drug-likeness (QED) is 0.278. The summed E-state index contributed by atoms with van der Waals surface area (Å²) in [4.78, 5) is 22.4. The lowest BCUT2D eigenvalue weighted by Gasteiger charge is -2.09. The van der Waals surface area contributed by atoms with Gasteiger partial charge in [-0.2, -0.15) is 0 Å². The summed E-state index contributed by atoms with van der Waals surface area (Å²) in [7, 11) is 3.21. The maximum Gasteiger partial charge on any atom is 0.297 e. The molecule has 0 bridgehead atoms. The summed E-state index contributed by atoms with van der Waals surface area (Å²) < 4.78 is 0. The number of nitrogens with one attached hydrogen (secondary N) is 2. The largest absolute Gasteiger partial charge is 0.388 e. The average Bonchev–Trinajstić information content (AvgIpc) is 3.24. The van der Waals surface area contributed by atoms with Crippen molar-refractivity contribution in [3.05, 3.63) is 40.8 Å². The molecule has 2 N–H and O–H groups in total. The van der Waals surface area contributed by atoms with Crippen molar-refractivity contribution in [1.29, 1.82) is 5.26 Å². The minimum absolute atomic E-state index is 0.0464. The molecule has 0 spiro atoms. The van der Waals surface area contributed by atoms with Crippen LogP contribution < -0.4 is 16.1 Å². The van der Waals surface area contributed by atoms with Crippen molar-refractivity contribution in [2.24, 2.45) is 0 Å². The van der Waals surface area contributed by atoms with E-state index in [1.165, 1.54) is 25.3 Å². The summed E-state index contributed by atoms with van der Waals surface area (Å²) in [6, 6.07) is 5.43. The number of amides is 1. The van der Waals surface area contributed by atoms with Crippen LogP contribution in [0.15, 0.2) is 35.3 Å². The molecule has 1 amide bonds. The Hall–Kier alpha value is -2.46. The van der Waals surface area contributed by atoms with E-state index >= 15 is 0 Å². The first-order valence-corrected chi connectivity index (χ1v) is 8.99. The van der Waals surface area contributed by atoms with E-state index in [4.69, 9.17) is 5.26 Å². The number of rotatable bonds is 5. The molecule has 0 aromatic heterocycles. The van der Waals surface area contributed by atoms with Crippen LogP contribution in [0.3, 0.4) is 0 Å². The van der Waals surface area contributed by atoms with Crippen LogP contribution in [0.4, 0.5) is 5.69 Å². The van der Waals surface area contributed by atoms with Gasteiger partial charge in [-0.25, -0.2) is 5.26 Å². The maximum absolute atomic E-state index is 11.5. The molecule has 1 aromatic rings. The van der Waals surface area contributed by atoms with E-state index in [1.807, 2.05) is 30.7 Å². The van der Waals surface area contributed by atoms with Crippen LogP contribution in [0.2, 0.25) is 6.82 Å². The number of aldehydes is 1. The van der Waals surface area contributed by atoms with E-state index in [2.05, 4.69) is 28.1 Å². The van der Waals surface area contributed by atoms with Crippen LogP contribution >= 0.6 is 11.8 Å². The molecule has 130 valence electrons. The van der Waals surface area contributed by atoms with Gasteiger partial charge in [0, 0.05) is 31.5 Å². The number of nitriles is 1. The number of thioether (sulfide) groups is 1. The summed E-state index contributed by atoms with van der Waals surface area (Å²) in [5.74, 6) is 3.04. The molecule has 1 aliphatic rings. The van der Waals surface area contributed by atoms with Gasteiger partial charge in [-0.3, -0.25) is 9.59 Å². The summed E-state index contributed by atoms with van der Waals surface area (Å²) in [5, 5.41) is 16.5. The maximum atomic E-state index is 11.5. The van der Waals surface area contributed by atoms with Gasteiger partial charge < -0.3 is 10.6 Å². The molecule has 7 heteroatoms.